The van der Waals surface area contributed by atoms with Crippen molar-refractivity contribution in [2.24, 2.45) is 0 Å². The van der Waals surface area contributed by atoms with Gasteiger partial charge in [0, 0.05) is 43.7 Å². The summed E-state index contributed by atoms with van der Waals surface area (Å²) >= 11 is 3.51. The van der Waals surface area contributed by atoms with Gasteiger partial charge in [-0.1, -0.05) is 40.2 Å². The highest BCUT2D eigenvalue weighted by molar-refractivity contribution is 9.09. The second kappa shape index (κ2) is 7.58. The Morgan fingerprint density at radius 2 is 2.05 bits per heavy atom. The van der Waals surface area contributed by atoms with Gasteiger partial charge in [-0.15, -0.1) is 0 Å². The molecule has 0 amide bonds. The molecule has 3 nitrogen and oxygen atoms in total. The maximum absolute atomic E-state index is 5.17. The van der Waals surface area contributed by atoms with E-state index in [0.29, 0.717) is 0 Å². The number of halogens is 1. The minimum Gasteiger partial charge on any atom is -0.383 e. The molecule has 0 saturated heterocycles. The Kier molecular flexibility index (Phi) is 5.76. The molecule has 2 aromatic rings. The van der Waals surface area contributed by atoms with Gasteiger partial charge in [0.2, 0.25) is 0 Å². The van der Waals surface area contributed by atoms with E-state index < -0.39 is 0 Å². The van der Waals surface area contributed by atoms with Gasteiger partial charge in [0.05, 0.1) is 12.1 Å². The maximum Gasteiger partial charge on any atom is 0.0746 e. The van der Waals surface area contributed by atoms with E-state index in [1.807, 2.05) is 12.3 Å². The van der Waals surface area contributed by atoms with Gasteiger partial charge in [-0.2, -0.15) is 0 Å². The topological polar surface area (TPSA) is 25.4 Å². The number of hydrogen-bond donors (Lipinski definition) is 0. The minimum absolute atomic E-state index is 0.755. The summed E-state index contributed by atoms with van der Waals surface area (Å²) in [5.41, 5.74) is 2.37. The highest BCUT2D eigenvalue weighted by atomic mass is 79.9. The first-order valence-electron chi connectivity index (χ1n) is 6.45. The van der Waals surface area contributed by atoms with Crippen molar-refractivity contribution in [1.29, 1.82) is 0 Å². The molecule has 0 aliphatic carbocycles. The van der Waals surface area contributed by atoms with Gasteiger partial charge in [0.15, 0.2) is 0 Å². The summed E-state index contributed by atoms with van der Waals surface area (Å²) in [6, 6.07) is 10.4. The van der Waals surface area contributed by atoms with E-state index in [9.17, 15) is 0 Å². The molecule has 0 unspecified atom stereocenters. The Morgan fingerprint density at radius 1 is 1.21 bits per heavy atom. The van der Waals surface area contributed by atoms with Gasteiger partial charge in [0.25, 0.3) is 0 Å². The first-order valence-corrected chi connectivity index (χ1v) is 7.57. The molecule has 19 heavy (non-hydrogen) atoms. The van der Waals surface area contributed by atoms with Gasteiger partial charge < -0.3 is 4.74 Å². The second-order valence-corrected chi connectivity index (χ2v) is 5.24. The van der Waals surface area contributed by atoms with Crippen LogP contribution in [0.2, 0.25) is 0 Å². The van der Waals surface area contributed by atoms with Crippen LogP contribution in [0.1, 0.15) is 5.56 Å². The van der Waals surface area contributed by atoms with Gasteiger partial charge in [-0.05, 0) is 11.6 Å². The third-order valence-corrected chi connectivity index (χ3v) is 3.48. The number of methoxy groups -OCH3 is 1. The molecule has 4 heteroatoms. The Hall–Kier alpha value is -0.970. The van der Waals surface area contributed by atoms with Crippen LogP contribution < -0.4 is 0 Å². The van der Waals surface area contributed by atoms with Crippen LogP contribution in [-0.4, -0.2) is 42.0 Å². The Balaban J connectivity index is 2.18. The van der Waals surface area contributed by atoms with Crippen molar-refractivity contribution in [1.82, 2.24) is 9.88 Å². The molecule has 0 aliphatic rings. The molecule has 102 valence electrons. The van der Waals surface area contributed by atoms with Gasteiger partial charge in [0.1, 0.15) is 0 Å². The molecule has 0 spiro atoms. The molecular weight excluding hydrogens is 304 g/mol. The fourth-order valence-corrected chi connectivity index (χ4v) is 2.65. The quantitative estimate of drug-likeness (QED) is 0.732. The van der Waals surface area contributed by atoms with E-state index in [1.165, 1.54) is 10.9 Å². The standard InChI is InChI=1S/C15H19BrN2O/c1-19-11-10-18(9-7-16)12-14-5-2-4-13-6-3-8-17-15(13)14/h2-6,8H,7,9-12H2,1H3. The lowest BCUT2D eigenvalue weighted by Gasteiger charge is -2.21. The number of benzene rings is 1. The largest absolute Gasteiger partial charge is 0.383 e. The van der Waals surface area contributed by atoms with E-state index >= 15 is 0 Å². The number of rotatable bonds is 7. The number of nitrogens with zero attached hydrogens (tertiary/aromatic N) is 2. The summed E-state index contributed by atoms with van der Waals surface area (Å²) < 4.78 is 5.17. The minimum atomic E-state index is 0.755. The van der Waals surface area contributed by atoms with Crippen LogP contribution in [-0.2, 0) is 11.3 Å². The fourth-order valence-electron chi connectivity index (χ4n) is 2.15. The molecule has 0 bridgehead atoms. The van der Waals surface area contributed by atoms with Crippen LogP contribution in [0.25, 0.3) is 10.9 Å². The maximum atomic E-state index is 5.17. The predicted octanol–water partition coefficient (Wildman–Crippen LogP) is 3.08. The van der Waals surface area contributed by atoms with Crippen molar-refractivity contribution < 1.29 is 4.74 Å². The van der Waals surface area contributed by atoms with Gasteiger partial charge in [-0.3, -0.25) is 9.88 Å². The molecule has 0 radical (unpaired) electrons. The second-order valence-electron chi connectivity index (χ2n) is 4.45. The third kappa shape index (κ3) is 4.00. The van der Waals surface area contributed by atoms with E-state index in [-0.39, 0.29) is 0 Å². The number of alkyl halides is 1. The first-order chi connectivity index (χ1) is 9.35. The number of pyridine rings is 1. The molecule has 0 atom stereocenters. The number of hydrogen-bond acceptors (Lipinski definition) is 3. The Labute approximate surface area is 122 Å². The van der Waals surface area contributed by atoms with E-state index in [1.54, 1.807) is 7.11 Å². The summed E-state index contributed by atoms with van der Waals surface area (Å²) in [5, 5.41) is 2.17. The summed E-state index contributed by atoms with van der Waals surface area (Å²) in [7, 11) is 1.74. The molecule has 1 aromatic heterocycles. The van der Waals surface area contributed by atoms with Crippen LogP contribution in [0.5, 0.6) is 0 Å². The molecule has 1 heterocycles. The SMILES string of the molecule is COCCN(CCBr)Cc1cccc2cccnc12. The molecule has 0 fully saturated rings. The summed E-state index contributed by atoms with van der Waals surface area (Å²) in [6.45, 7) is 3.60. The van der Waals surface area contributed by atoms with Crippen LogP contribution in [0.4, 0.5) is 0 Å². The molecule has 0 N–H and O–H groups in total. The van der Waals surface area contributed by atoms with Crippen molar-refractivity contribution in [3.8, 4) is 0 Å². The van der Waals surface area contributed by atoms with E-state index in [4.69, 9.17) is 4.74 Å². The number of fused-ring (bicyclic) bond motifs is 1. The molecule has 0 aliphatic heterocycles. The zero-order valence-corrected chi connectivity index (χ0v) is 12.8. The van der Waals surface area contributed by atoms with E-state index in [2.05, 4.69) is 50.1 Å². The number of ether oxygens (including phenoxy) is 1. The molecular formula is C15H19BrN2O. The fraction of sp³-hybridized carbons (Fsp3) is 0.400. The Bertz CT molecular complexity index is 513. The lowest BCUT2D eigenvalue weighted by molar-refractivity contribution is 0.148. The highest BCUT2D eigenvalue weighted by Gasteiger charge is 2.08. The predicted molar refractivity (Wildman–Crippen MR) is 82.7 cm³/mol. The van der Waals surface area contributed by atoms with Gasteiger partial charge >= 0.3 is 0 Å². The smallest absolute Gasteiger partial charge is 0.0746 e. The van der Waals surface area contributed by atoms with Crippen molar-refractivity contribution in [2.45, 2.75) is 6.54 Å². The average molecular weight is 323 g/mol. The number of para-hydroxylation sites is 1. The summed E-state index contributed by atoms with van der Waals surface area (Å²) in [5.74, 6) is 0. The van der Waals surface area contributed by atoms with Crippen molar-refractivity contribution in [3.05, 3.63) is 42.1 Å². The molecule has 1 aromatic carbocycles. The monoisotopic (exact) mass is 322 g/mol. The zero-order valence-electron chi connectivity index (χ0n) is 11.2. The van der Waals surface area contributed by atoms with Crippen molar-refractivity contribution in [2.75, 3.05) is 32.1 Å². The van der Waals surface area contributed by atoms with Crippen molar-refractivity contribution in [3.63, 3.8) is 0 Å². The molecule has 0 saturated carbocycles. The average Bonchev–Trinajstić information content (AvgIpc) is 2.45. The lowest BCUT2D eigenvalue weighted by atomic mass is 10.1. The summed E-state index contributed by atoms with van der Waals surface area (Å²) in [4.78, 5) is 6.88. The summed E-state index contributed by atoms with van der Waals surface area (Å²) in [6.07, 6.45) is 1.86. The van der Waals surface area contributed by atoms with Crippen molar-refractivity contribution >= 4 is 26.8 Å². The number of aromatic nitrogens is 1. The zero-order chi connectivity index (χ0) is 13.5. The molecule has 2 rings (SSSR count). The van der Waals surface area contributed by atoms with E-state index in [0.717, 1.165) is 37.1 Å². The first kappa shape index (κ1) is 14.4. The lowest BCUT2D eigenvalue weighted by Crippen LogP contribution is -2.29. The van der Waals surface area contributed by atoms with Gasteiger partial charge in [-0.25, -0.2) is 0 Å². The highest BCUT2D eigenvalue weighted by Crippen LogP contribution is 2.17. The van der Waals surface area contributed by atoms with Crippen LogP contribution in [0.3, 0.4) is 0 Å². The van der Waals surface area contributed by atoms with Crippen LogP contribution >= 0.6 is 15.9 Å². The van der Waals surface area contributed by atoms with Crippen LogP contribution in [0, 0.1) is 0 Å². The Morgan fingerprint density at radius 3 is 2.84 bits per heavy atom. The van der Waals surface area contributed by atoms with Crippen LogP contribution in [0.15, 0.2) is 36.5 Å². The third-order valence-electron chi connectivity index (χ3n) is 3.12. The normalized spacial score (nSPS) is 11.3.